The zero-order valence-corrected chi connectivity index (χ0v) is 15.9. The summed E-state index contributed by atoms with van der Waals surface area (Å²) in [4.78, 5) is 1.31. The SMILES string of the molecule is S=C(Nc1ccc(CSc2ccccc2)cc1)N[C@H]1C[C@H]2CC[C@@H]1C2. The number of thiocarbonyl (C=S) groups is 1. The highest BCUT2D eigenvalue weighted by atomic mass is 32.2. The molecule has 130 valence electrons. The second-order valence-electron chi connectivity index (χ2n) is 7.18. The average Bonchev–Trinajstić information content (AvgIpc) is 3.25. The Morgan fingerprint density at radius 1 is 1.00 bits per heavy atom. The Kier molecular flexibility index (Phi) is 5.28. The Balaban J connectivity index is 1.26. The Hall–Kier alpha value is -1.52. The van der Waals surface area contributed by atoms with Crippen molar-refractivity contribution in [2.75, 3.05) is 5.32 Å². The average molecular weight is 369 g/mol. The molecule has 0 saturated heterocycles. The van der Waals surface area contributed by atoms with Crippen LogP contribution in [0, 0.1) is 11.8 Å². The van der Waals surface area contributed by atoms with E-state index < -0.39 is 0 Å². The van der Waals surface area contributed by atoms with Gasteiger partial charge < -0.3 is 10.6 Å². The highest BCUT2D eigenvalue weighted by Gasteiger charge is 2.39. The number of thioether (sulfide) groups is 1. The van der Waals surface area contributed by atoms with Gasteiger partial charge in [-0.15, -0.1) is 11.8 Å². The fourth-order valence-electron chi connectivity index (χ4n) is 4.12. The van der Waals surface area contributed by atoms with Gasteiger partial charge in [0.15, 0.2) is 5.11 Å². The molecule has 2 N–H and O–H groups in total. The number of fused-ring (bicyclic) bond motifs is 2. The number of hydrogen-bond donors (Lipinski definition) is 2. The van der Waals surface area contributed by atoms with Crippen LogP contribution in [0.5, 0.6) is 0 Å². The van der Waals surface area contributed by atoms with E-state index in [-0.39, 0.29) is 0 Å². The van der Waals surface area contributed by atoms with Gasteiger partial charge in [0.2, 0.25) is 0 Å². The summed E-state index contributed by atoms with van der Waals surface area (Å²) in [6.45, 7) is 0. The summed E-state index contributed by atoms with van der Waals surface area (Å²) >= 11 is 7.37. The molecule has 0 radical (unpaired) electrons. The van der Waals surface area contributed by atoms with Crippen molar-refractivity contribution in [3.63, 3.8) is 0 Å². The first kappa shape index (κ1) is 16.9. The molecule has 2 aliphatic carbocycles. The lowest BCUT2D eigenvalue weighted by Crippen LogP contribution is -2.40. The third kappa shape index (κ3) is 4.36. The zero-order valence-electron chi connectivity index (χ0n) is 14.3. The predicted octanol–water partition coefficient (Wildman–Crippen LogP) is 5.45. The minimum absolute atomic E-state index is 0.584. The quantitative estimate of drug-likeness (QED) is 0.541. The van der Waals surface area contributed by atoms with Crippen molar-refractivity contribution >= 4 is 34.8 Å². The molecule has 2 aromatic rings. The number of hydrogen-bond acceptors (Lipinski definition) is 2. The molecule has 4 rings (SSSR count). The fourth-order valence-corrected chi connectivity index (χ4v) is 5.27. The highest BCUT2D eigenvalue weighted by Crippen LogP contribution is 2.44. The lowest BCUT2D eigenvalue weighted by Gasteiger charge is -2.24. The van der Waals surface area contributed by atoms with Gasteiger partial charge in [0.05, 0.1) is 0 Å². The first-order chi connectivity index (χ1) is 12.3. The smallest absolute Gasteiger partial charge is 0.171 e. The third-order valence-electron chi connectivity index (χ3n) is 5.42. The Morgan fingerprint density at radius 2 is 1.80 bits per heavy atom. The molecule has 2 aromatic carbocycles. The molecule has 25 heavy (non-hydrogen) atoms. The normalized spacial score (nSPS) is 24.2. The second kappa shape index (κ2) is 7.79. The molecule has 0 heterocycles. The monoisotopic (exact) mass is 368 g/mol. The summed E-state index contributed by atoms with van der Waals surface area (Å²) in [7, 11) is 0. The molecule has 2 fully saturated rings. The van der Waals surface area contributed by atoms with E-state index >= 15 is 0 Å². The van der Waals surface area contributed by atoms with E-state index in [0.29, 0.717) is 6.04 Å². The topological polar surface area (TPSA) is 24.1 Å². The molecule has 2 saturated carbocycles. The molecular weight excluding hydrogens is 344 g/mol. The molecule has 2 nitrogen and oxygen atoms in total. The molecular formula is C21H24N2S2. The first-order valence-electron chi connectivity index (χ1n) is 9.10. The molecule has 0 unspecified atom stereocenters. The summed E-state index contributed by atoms with van der Waals surface area (Å²) in [6.07, 6.45) is 5.49. The van der Waals surface area contributed by atoms with Gasteiger partial charge in [-0.05, 0) is 73.1 Å². The lowest BCUT2D eigenvalue weighted by atomic mass is 9.96. The molecule has 2 aliphatic rings. The lowest BCUT2D eigenvalue weighted by molar-refractivity contribution is 0.392. The number of anilines is 1. The van der Waals surface area contributed by atoms with Crippen LogP contribution >= 0.6 is 24.0 Å². The molecule has 4 heteroatoms. The Bertz CT molecular complexity index is 714. The summed E-state index contributed by atoms with van der Waals surface area (Å²) in [5.41, 5.74) is 2.39. The van der Waals surface area contributed by atoms with Crippen LogP contribution in [0.4, 0.5) is 5.69 Å². The first-order valence-corrected chi connectivity index (χ1v) is 10.5. The van der Waals surface area contributed by atoms with Crippen molar-refractivity contribution < 1.29 is 0 Å². The Morgan fingerprint density at radius 3 is 2.48 bits per heavy atom. The molecule has 0 amide bonds. The largest absolute Gasteiger partial charge is 0.359 e. The van der Waals surface area contributed by atoms with Crippen molar-refractivity contribution in [3.05, 3.63) is 60.2 Å². The van der Waals surface area contributed by atoms with Crippen LogP contribution in [0.3, 0.4) is 0 Å². The number of nitrogens with one attached hydrogen (secondary N) is 2. The Labute approximate surface area is 159 Å². The van der Waals surface area contributed by atoms with Gasteiger partial charge in [0.25, 0.3) is 0 Å². The third-order valence-corrected chi connectivity index (χ3v) is 6.72. The van der Waals surface area contributed by atoms with Crippen LogP contribution in [0.25, 0.3) is 0 Å². The maximum Gasteiger partial charge on any atom is 0.171 e. The maximum absolute atomic E-state index is 5.51. The maximum atomic E-state index is 5.51. The molecule has 0 aromatic heterocycles. The minimum Gasteiger partial charge on any atom is -0.359 e. The van der Waals surface area contributed by atoms with Gasteiger partial charge >= 0.3 is 0 Å². The van der Waals surface area contributed by atoms with Crippen LogP contribution in [-0.2, 0) is 5.75 Å². The van der Waals surface area contributed by atoms with Crippen molar-refractivity contribution in [3.8, 4) is 0 Å². The van der Waals surface area contributed by atoms with Gasteiger partial charge in [-0.3, -0.25) is 0 Å². The summed E-state index contributed by atoms with van der Waals surface area (Å²) < 4.78 is 0. The van der Waals surface area contributed by atoms with Crippen LogP contribution in [-0.4, -0.2) is 11.2 Å². The van der Waals surface area contributed by atoms with E-state index in [2.05, 4.69) is 65.2 Å². The van der Waals surface area contributed by atoms with Gasteiger partial charge in [-0.25, -0.2) is 0 Å². The highest BCUT2D eigenvalue weighted by molar-refractivity contribution is 7.98. The minimum atomic E-state index is 0.584. The molecule has 3 atom stereocenters. The van der Waals surface area contributed by atoms with Crippen LogP contribution in [0.15, 0.2) is 59.5 Å². The van der Waals surface area contributed by atoms with Crippen molar-refractivity contribution in [2.45, 2.75) is 42.4 Å². The number of benzene rings is 2. The van der Waals surface area contributed by atoms with E-state index in [1.165, 1.54) is 36.1 Å². The van der Waals surface area contributed by atoms with E-state index in [0.717, 1.165) is 28.4 Å². The van der Waals surface area contributed by atoms with Gasteiger partial charge in [-0.2, -0.15) is 0 Å². The summed E-state index contributed by atoms with van der Waals surface area (Å²) in [5, 5.41) is 7.65. The fraction of sp³-hybridized carbons (Fsp3) is 0.381. The molecule has 0 aliphatic heterocycles. The zero-order chi connectivity index (χ0) is 17.1. The van der Waals surface area contributed by atoms with Gasteiger partial charge in [-0.1, -0.05) is 36.8 Å². The van der Waals surface area contributed by atoms with E-state index in [9.17, 15) is 0 Å². The number of rotatable bonds is 5. The van der Waals surface area contributed by atoms with Crippen LogP contribution in [0.2, 0.25) is 0 Å². The second-order valence-corrected chi connectivity index (χ2v) is 8.64. The van der Waals surface area contributed by atoms with Crippen molar-refractivity contribution in [1.82, 2.24) is 5.32 Å². The van der Waals surface area contributed by atoms with E-state index in [1.54, 1.807) is 0 Å². The standard InChI is InChI=1S/C21H24N2S2/c24-21(23-20-13-16-6-9-17(20)12-16)22-18-10-7-15(8-11-18)14-25-19-4-2-1-3-5-19/h1-5,7-8,10-11,16-17,20H,6,9,12-14H2,(H2,22,23,24)/t16-,17+,20-/m0/s1. The summed E-state index contributed by atoms with van der Waals surface area (Å²) in [5.74, 6) is 2.76. The predicted molar refractivity (Wildman–Crippen MR) is 111 cm³/mol. The summed E-state index contributed by atoms with van der Waals surface area (Å²) in [6, 6.07) is 19.7. The molecule has 0 spiro atoms. The van der Waals surface area contributed by atoms with Crippen LogP contribution in [0.1, 0.15) is 31.2 Å². The van der Waals surface area contributed by atoms with Crippen molar-refractivity contribution in [2.24, 2.45) is 11.8 Å². The van der Waals surface area contributed by atoms with E-state index in [4.69, 9.17) is 12.2 Å². The molecule has 2 bridgehead atoms. The van der Waals surface area contributed by atoms with Crippen LogP contribution < -0.4 is 10.6 Å². The van der Waals surface area contributed by atoms with E-state index in [1.807, 2.05) is 11.8 Å². The van der Waals surface area contributed by atoms with Gasteiger partial charge in [0.1, 0.15) is 0 Å². The van der Waals surface area contributed by atoms with Gasteiger partial charge in [0, 0.05) is 22.4 Å². The van der Waals surface area contributed by atoms with Crippen molar-refractivity contribution in [1.29, 1.82) is 0 Å².